The normalized spacial score (nSPS) is 24.0. The lowest BCUT2D eigenvalue weighted by molar-refractivity contribution is -0.255. The van der Waals surface area contributed by atoms with Crippen LogP contribution in [0.15, 0.2) is 102 Å². The number of aliphatic hydroxyl groups is 2. The molecule has 1 amide bonds. The van der Waals surface area contributed by atoms with Gasteiger partial charge in [0.05, 0.1) is 18.2 Å². The zero-order valence-corrected chi connectivity index (χ0v) is 33.1. The van der Waals surface area contributed by atoms with E-state index in [9.17, 15) is 19.8 Å². The topological polar surface area (TPSA) is 136 Å². The Balaban J connectivity index is 1.54. The number of ether oxygens (including phenoxy) is 4. The molecule has 3 aromatic rings. The van der Waals surface area contributed by atoms with Gasteiger partial charge in [-0.25, -0.2) is 4.79 Å². The molecular formula is C46H56N2O9. The average Bonchev–Trinajstić information content (AvgIpc) is 3.23. The summed E-state index contributed by atoms with van der Waals surface area (Å²) in [7, 11) is 1.53. The van der Waals surface area contributed by atoms with Crippen molar-refractivity contribution in [2.45, 2.75) is 82.6 Å². The summed E-state index contributed by atoms with van der Waals surface area (Å²) in [5.74, 6) is -0.196. The van der Waals surface area contributed by atoms with Gasteiger partial charge in [-0.05, 0) is 85.4 Å². The van der Waals surface area contributed by atoms with Gasteiger partial charge in [0.25, 0.3) is 0 Å². The third-order valence-electron chi connectivity index (χ3n) is 11.4. The largest absolute Gasteiger partial charge is 0.459 e. The molecule has 0 spiro atoms. The van der Waals surface area contributed by atoms with E-state index in [4.69, 9.17) is 23.8 Å². The van der Waals surface area contributed by atoms with E-state index in [1.807, 2.05) is 61.5 Å². The molecule has 6 atom stereocenters. The molecule has 2 aliphatic carbocycles. The maximum atomic E-state index is 14.4. The van der Waals surface area contributed by atoms with Gasteiger partial charge in [0.15, 0.2) is 0 Å². The third kappa shape index (κ3) is 9.27. The van der Waals surface area contributed by atoms with Crippen LogP contribution >= 0.6 is 0 Å². The summed E-state index contributed by atoms with van der Waals surface area (Å²) < 4.78 is 26.7. The Hall–Kier alpha value is -4.97. The first kappa shape index (κ1) is 41.7. The molecule has 0 radical (unpaired) electrons. The van der Waals surface area contributed by atoms with Gasteiger partial charge in [0.1, 0.15) is 43.3 Å². The molecule has 1 fully saturated rings. The van der Waals surface area contributed by atoms with Crippen LogP contribution < -0.4 is 9.47 Å². The first-order valence-electron chi connectivity index (χ1n) is 20.2. The van der Waals surface area contributed by atoms with Crippen LogP contribution in [-0.4, -0.2) is 78.5 Å². The van der Waals surface area contributed by atoms with E-state index in [0.717, 1.165) is 48.7 Å². The number of nitrogens with zero attached hydrogens (tertiary/aromatic N) is 2. The number of unbranched alkanes of at least 4 members (excludes halogenated alkanes) is 2. The molecule has 11 heteroatoms. The van der Waals surface area contributed by atoms with Crippen molar-refractivity contribution >= 4 is 18.1 Å². The van der Waals surface area contributed by atoms with Gasteiger partial charge in [-0.3, -0.25) is 9.69 Å². The molecule has 0 saturated heterocycles. The molecule has 0 bridgehead atoms. The second-order valence-corrected chi connectivity index (χ2v) is 15.0. The molecule has 11 nitrogen and oxygen atoms in total. The van der Waals surface area contributed by atoms with Crippen molar-refractivity contribution in [1.82, 2.24) is 4.90 Å². The summed E-state index contributed by atoms with van der Waals surface area (Å²) in [6, 6.07) is 21.7. The zero-order valence-electron chi connectivity index (χ0n) is 33.1. The Morgan fingerprint density at radius 1 is 1.00 bits per heavy atom. The lowest BCUT2D eigenvalue weighted by Gasteiger charge is -2.59. The minimum atomic E-state index is -1.39. The van der Waals surface area contributed by atoms with Gasteiger partial charge in [-0.15, -0.1) is 6.58 Å². The molecule has 6 unspecified atom stereocenters. The molecule has 3 aliphatic rings. The van der Waals surface area contributed by atoms with Gasteiger partial charge in [0, 0.05) is 43.2 Å². The van der Waals surface area contributed by atoms with E-state index >= 15 is 0 Å². The number of fused-ring (bicyclic) bond motifs is 2. The number of hydrogen-bond donors (Lipinski definition) is 2. The number of benzene rings is 3. The summed E-state index contributed by atoms with van der Waals surface area (Å²) >= 11 is 0. The van der Waals surface area contributed by atoms with E-state index in [0.29, 0.717) is 54.3 Å². The first-order chi connectivity index (χ1) is 27.9. The van der Waals surface area contributed by atoms with E-state index < -0.39 is 23.8 Å². The quantitative estimate of drug-likeness (QED) is 0.0500. The predicted molar refractivity (Wildman–Crippen MR) is 217 cm³/mol. The molecular weight excluding hydrogens is 725 g/mol. The summed E-state index contributed by atoms with van der Waals surface area (Å²) in [5, 5.41) is 24.3. The molecule has 6 rings (SSSR count). The minimum absolute atomic E-state index is 0.0548. The molecule has 304 valence electrons. The number of carbonyl (C=O) groups is 2. The van der Waals surface area contributed by atoms with Crippen molar-refractivity contribution in [3.05, 3.63) is 114 Å². The third-order valence-corrected chi connectivity index (χ3v) is 11.4. The van der Waals surface area contributed by atoms with E-state index in [1.54, 1.807) is 29.2 Å². The van der Waals surface area contributed by atoms with Crippen molar-refractivity contribution < 1.29 is 43.6 Å². The van der Waals surface area contributed by atoms with Crippen LogP contribution in [0, 0.1) is 17.8 Å². The van der Waals surface area contributed by atoms with Gasteiger partial charge in [-0.1, -0.05) is 79.5 Å². The monoisotopic (exact) mass is 780 g/mol. The fourth-order valence-electron chi connectivity index (χ4n) is 9.03. The smallest absolute Gasteiger partial charge is 0.410 e. The SMILES string of the molecule is C=CCOC12Oc3ccc(Oc4cccc(C=O)c4)cc3C3C(CCCCO)C(CCCCO)C=C(C(=NOC)CC1N(CCC)C(=O)OCc1ccccc1)C32. The zero-order chi connectivity index (χ0) is 40.2. The van der Waals surface area contributed by atoms with Crippen molar-refractivity contribution in [3.8, 4) is 17.2 Å². The van der Waals surface area contributed by atoms with Crippen molar-refractivity contribution in [1.29, 1.82) is 0 Å². The molecule has 2 N–H and O–H groups in total. The summed E-state index contributed by atoms with van der Waals surface area (Å²) in [4.78, 5) is 33.2. The van der Waals surface area contributed by atoms with Gasteiger partial charge >= 0.3 is 6.09 Å². The predicted octanol–water partition coefficient (Wildman–Crippen LogP) is 8.60. The van der Waals surface area contributed by atoms with Gasteiger partial charge in [-0.2, -0.15) is 0 Å². The number of allylic oxidation sites excluding steroid dienone is 1. The summed E-state index contributed by atoms with van der Waals surface area (Å²) in [6.07, 6.45) is 9.84. The molecule has 1 heterocycles. The summed E-state index contributed by atoms with van der Waals surface area (Å²) in [5.41, 5.74) is 3.96. The van der Waals surface area contributed by atoms with Gasteiger partial charge < -0.3 is 34.0 Å². The average molecular weight is 781 g/mol. The number of rotatable bonds is 20. The molecule has 3 aromatic carbocycles. The second-order valence-electron chi connectivity index (χ2n) is 15.0. The molecule has 1 saturated carbocycles. The molecule has 57 heavy (non-hydrogen) atoms. The van der Waals surface area contributed by atoms with Crippen LogP contribution in [0.4, 0.5) is 4.79 Å². The van der Waals surface area contributed by atoms with Crippen molar-refractivity contribution in [3.63, 3.8) is 0 Å². The Morgan fingerprint density at radius 2 is 1.77 bits per heavy atom. The lowest BCUT2D eigenvalue weighted by atomic mass is 9.55. The number of amides is 1. The van der Waals surface area contributed by atoms with E-state index in [-0.39, 0.29) is 50.6 Å². The van der Waals surface area contributed by atoms with Gasteiger partial charge in [0.2, 0.25) is 5.79 Å². The highest BCUT2D eigenvalue weighted by Crippen LogP contribution is 2.62. The number of oxime groups is 1. The highest BCUT2D eigenvalue weighted by atomic mass is 16.7. The van der Waals surface area contributed by atoms with E-state index in [2.05, 4.69) is 17.8 Å². The van der Waals surface area contributed by atoms with Crippen LogP contribution in [0.2, 0.25) is 0 Å². The lowest BCUT2D eigenvalue weighted by Crippen LogP contribution is -2.70. The minimum Gasteiger partial charge on any atom is -0.459 e. The fourth-order valence-corrected chi connectivity index (χ4v) is 9.03. The summed E-state index contributed by atoms with van der Waals surface area (Å²) in [6.45, 7) is 6.85. The Morgan fingerprint density at radius 3 is 2.49 bits per heavy atom. The maximum Gasteiger partial charge on any atom is 0.410 e. The van der Waals surface area contributed by atoms with Crippen LogP contribution in [0.25, 0.3) is 0 Å². The molecule has 0 aromatic heterocycles. The van der Waals surface area contributed by atoms with Crippen LogP contribution in [-0.2, 0) is 20.9 Å². The van der Waals surface area contributed by atoms with E-state index in [1.165, 1.54) is 7.11 Å². The first-order valence-corrected chi connectivity index (χ1v) is 20.2. The maximum absolute atomic E-state index is 14.4. The Labute approximate surface area is 335 Å². The van der Waals surface area contributed by atoms with Crippen molar-refractivity contribution in [2.24, 2.45) is 22.9 Å². The number of carbonyl (C=O) groups excluding carboxylic acids is 2. The standard InChI is InChI=1S/C46H56N2O9/c1-4-22-48(45(52)54-31-32-14-7-6-8-15-32)42-29-40(47-53-3)38-27-34(17-9-11-23-49)37(19-10-12-24-50)43-39-28-36(56-35-18-13-16-33(26-35)30-51)20-21-41(39)57-46(42,44(38)43)55-25-5-2/h5-8,13-16,18,20-21,26-28,30,34,37,42-44,49-50H,2,4,9-12,17,19,22-25,29,31H2,1,3H3. The fraction of sp³-hybridized carbons (Fsp3) is 0.457. The van der Waals surface area contributed by atoms with Crippen LogP contribution in [0.3, 0.4) is 0 Å². The van der Waals surface area contributed by atoms with Crippen LogP contribution in [0.1, 0.15) is 85.7 Å². The number of hydrogen-bond acceptors (Lipinski definition) is 10. The molecule has 1 aliphatic heterocycles. The highest BCUT2D eigenvalue weighted by Gasteiger charge is 2.65. The highest BCUT2D eigenvalue weighted by molar-refractivity contribution is 6.03. The van der Waals surface area contributed by atoms with Crippen LogP contribution in [0.5, 0.6) is 17.2 Å². The number of aliphatic hydroxyl groups excluding tert-OH is 2. The Bertz CT molecular complexity index is 1880. The van der Waals surface area contributed by atoms with Crippen molar-refractivity contribution in [2.75, 3.05) is 33.5 Å². The Kier molecular flexibility index (Phi) is 14.6. The number of aldehydes is 1. The second kappa shape index (κ2) is 19.9.